The minimum absolute atomic E-state index is 0.0260. The van der Waals surface area contributed by atoms with Crippen LogP contribution in [0, 0.1) is 5.92 Å². The van der Waals surface area contributed by atoms with Crippen LogP contribution in [0.4, 0.5) is 0 Å². The number of nitrogens with zero attached hydrogens (tertiary/aromatic N) is 1. The van der Waals surface area contributed by atoms with Gasteiger partial charge in [-0.15, -0.1) is 0 Å². The molecule has 0 saturated heterocycles. The SMILES string of the molecule is CC(NC(=O)CN(C)N)C1CCCCC1. The molecule has 0 aromatic carbocycles. The summed E-state index contributed by atoms with van der Waals surface area (Å²) in [6.07, 6.45) is 6.46. The van der Waals surface area contributed by atoms with Gasteiger partial charge in [-0.2, -0.15) is 0 Å². The molecule has 4 heteroatoms. The summed E-state index contributed by atoms with van der Waals surface area (Å²) in [6, 6.07) is 0.290. The molecule has 0 aromatic rings. The van der Waals surface area contributed by atoms with Gasteiger partial charge in [0.2, 0.25) is 5.91 Å². The number of carbonyl (C=O) groups is 1. The Balaban J connectivity index is 2.27. The van der Waals surface area contributed by atoms with Gasteiger partial charge in [-0.3, -0.25) is 10.6 Å². The Labute approximate surface area is 92.2 Å². The molecule has 1 atom stereocenters. The van der Waals surface area contributed by atoms with E-state index in [0.29, 0.717) is 5.92 Å². The molecule has 0 aliphatic heterocycles. The highest BCUT2D eigenvalue weighted by molar-refractivity contribution is 5.78. The molecule has 1 aliphatic rings. The van der Waals surface area contributed by atoms with E-state index in [9.17, 15) is 4.79 Å². The zero-order valence-electron chi connectivity index (χ0n) is 9.83. The molecule has 1 aliphatic carbocycles. The first-order valence-corrected chi connectivity index (χ1v) is 5.85. The first-order chi connectivity index (χ1) is 7.09. The Morgan fingerprint density at radius 3 is 2.60 bits per heavy atom. The molecule has 0 bridgehead atoms. The molecule has 88 valence electrons. The van der Waals surface area contributed by atoms with E-state index >= 15 is 0 Å². The Bertz CT molecular complexity index is 200. The molecule has 1 amide bonds. The minimum Gasteiger partial charge on any atom is -0.352 e. The molecule has 0 spiro atoms. The van der Waals surface area contributed by atoms with Crippen LogP contribution in [0.2, 0.25) is 0 Å². The minimum atomic E-state index is 0.0260. The summed E-state index contributed by atoms with van der Waals surface area (Å²) >= 11 is 0. The van der Waals surface area contributed by atoms with Gasteiger partial charge in [0.25, 0.3) is 0 Å². The molecule has 4 nitrogen and oxygen atoms in total. The maximum Gasteiger partial charge on any atom is 0.235 e. The fraction of sp³-hybridized carbons (Fsp3) is 0.909. The maximum absolute atomic E-state index is 11.5. The smallest absolute Gasteiger partial charge is 0.235 e. The Morgan fingerprint density at radius 1 is 1.47 bits per heavy atom. The Morgan fingerprint density at radius 2 is 2.07 bits per heavy atom. The molecule has 1 saturated carbocycles. The lowest BCUT2D eigenvalue weighted by molar-refractivity contribution is -0.123. The van der Waals surface area contributed by atoms with E-state index < -0.39 is 0 Å². The number of amides is 1. The van der Waals surface area contributed by atoms with Gasteiger partial charge in [0.15, 0.2) is 0 Å². The lowest BCUT2D eigenvalue weighted by Crippen LogP contribution is -2.44. The fourth-order valence-corrected chi connectivity index (χ4v) is 2.28. The van der Waals surface area contributed by atoms with Crippen LogP contribution in [0.3, 0.4) is 0 Å². The molecule has 15 heavy (non-hydrogen) atoms. The molecule has 1 rings (SSSR count). The van der Waals surface area contributed by atoms with E-state index in [0.717, 1.165) is 0 Å². The largest absolute Gasteiger partial charge is 0.352 e. The molecule has 0 aromatic heterocycles. The first-order valence-electron chi connectivity index (χ1n) is 5.85. The second-order valence-corrected chi connectivity index (χ2v) is 4.67. The fourth-order valence-electron chi connectivity index (χ4n) is 2.28. The van der Waals surface area contributed by atoms with E-state index in [4.69, 9.17) is 5.84 Å². The van der Waals surface area contributed by atoms with Gasteiger partial charge in [0.1, 0.15) is 0 Å². The lowest BCUT2D eigenvalue weighted by atomic mass is 9.84. The summed E-state index contributed by atoms with van der Waals surface area (Å²) in [4.78, 5) is 11.5. The Hall–Kier alpha value is -0.610. The zero-order valence-corrected chi connectivity index (χ0v) is 9.83. The highest BCUT2D eigenvalue weighted by Gasteiger charge is 2.21. The standard InChI is InChI=1S/C11H23N3O/c1-9(10-6-4-3-5-7-10)13-11(15)8-14(2)12/h9-10H,3-8,12H2,1-2H3,(H,13,15). The van der Waals surface area contributed by atoms with Crippen molar-refractivity contribution >= 4 is 5.91 Å². The van der Waals surface area contributed by atoms with Gasteiger partial charge < -0.3 is 5.32 Å². The van der Waals surface area contributed by atoms with Crippen molar-refractivity contribution in [2.45, 2.75) is 45.1 Å². The number of hydrogen-bond acceptors (Lipinski definition) is 3. The topological polar surface area (TPSA) is 58.4 Å². The second-order valence-electron chi connectivity index (χ2n) is 4.67. The summed E-state index contributed by atoms with van der Waals surface area (Å²) in [7, 11) is 1.70. The van der Waals surface area contributed by atoms with Gasteiger partial charge >= 0.3 is 0 Å². The summed E-state index contributed by atoms with van der Waals surface area (Å²) in [5.74, 6) is 6.10. The average Bonchev–Trinajstić information content (AvgIpc) is 2.17. The van der Waals surface area contributed by atoms with Crippen LogP contribution >= 0.6 is 0 Å². The molecule has 1 fully saturated rings. The first kappa shape index (κ1) is 12.5. The molecule has 0 radical (unpaired) electrons. The highest BCUT2D eigenvalue weighted by atomic mass is 16.2. The van der Waals surface area contributed by atoms with Crippen LogP contribution in [-0.2, 0) is 4.79 Å². The molecule has 0 heterocycles. The second kappa shape index (κ2) is 6.08. The molecular weight excluding hydrogens is 190 g/mol. The van der Waals surface area contributed by atoms with Crippen molar-refractivity contribution in [2.75, 3.05) is 13.6 Å². The van der Waals surface area contributed by atoms with E-state index in [2.05, 4.69) is 12.2 Å². The van der Waals surface area contributed by atoms with Crippen molar-refractivity contribution in [1.82, 2.24) is 10.3 Å². The Kier molecular flexibility index (Phi) is 5.05. The van der Waals surface area contributed by atoms with E-state index in [1.165, 1.54) is 37.1 Å². The van der Waals surface area contributed by atoms with Gasteiger partial charge in [-0.25, -0.2) is 5.01 Å². The maximum atomic E-state index is 11.5. The van der Waals surface area contributed by atoms with E-state index in [-0.39, 0.29) is 18.5 Å². The third kappa shape index (κ3) is 4.62. The van der Waals surface area contributed by atoms with Crippen molar-refractivity contribution in [2.24, 2.45) is 11.8 Å². The van der Waals surface area contributed by atoms with Crippen LogP contribution in [0.15, 0.2) is 0 Å². The van der Waals surface area contributed by atoms with Crippen LogP contribution in [0.1, 0.15) is 39.0 Å². The summed E-state index contributed by atoms with van der Waals surface area (Å²) < 4.78 is 0. The molecule has 1 unspecified atom stereocenters. The van der Waals surface area contributed by atoms with E-state index in [1.807, 2.05) is 0 Å². The van der Waals surface area contributed by atoms with Crippen LogP contribution in [-0.4, -0.2) is 30.6 Å². The van der Waals surface area contributed by atoms with E-state index in [1.54, 1.807) is 7.05 Å². The summed E-state index contributed by atoms with van der Waals surface area (Å²) in [5.41, 5.74) is 0. The molecule has 3 N–H and O–H groups in total. The third-order valence-electron chi connectivity index (χ3n) is 3.14. The predicted molar refractivity (Wildman–Crippen MR) is 61.0 cm³/mol. The normalized spacial score (nSPS) is 20.3. The van der Waals surface area contributed by atoms with Crippen molar-refractivity contribution in [3.8, 4) is 0 Å². The van der Waals surface area contributed by atoms with Crippen molar-refractivity contribution < 1.29 is 4.79 Å². The zero-order chi connectivity index (χ0) is 11.3. The third-order valence-corrected chi connectivity index (χ3v) is 3.14. The summed E-state index contributed by atoms with van der Waals surface area (Å²) in [5, 5.41) is 4.43. The predicted octanol–water partition coefficient (Wildman–Crippen LogP) is 0.877. The van der Waals surface area contributed by atoms with Crippen LogP contribution in [0.5, 0.6) is 0 Å². The van der Waals surface area contributed by atoms with Gasteiger partial charge in [-0.05, 0) is 25.7 Å². The molecular formula is C11H23N3O. The highest BCUT2D eigenvalue weighted by Crippen LogP contribution is 2.26. The average molecular weight is 213 g/mol. The number of hydrogen-bond donors (Lipinski definition) is 2. The number of rotatable bonds is 4. The van der Waals surface area contributed by atoms with Gasteiger partial charge in [0, 0.05) is 13.1 Å². The van der Waals surface area contributed by atoms with Gasteiger partial charge in [0.05, 0.1) is 6.54 Å². The number of nitrogens with one attached hydrogen (secondary N) is 1. The quantitative estimate of drug-likeness (QED) is 0.538. The van der Waals surface area contributed by atoms with Crippen LogP contribution in [0.25, 0.3) is 0 Å². The number of carbonyl (C=O) groups excluding carboxylic acids is 1. The number of hydrazine groups is 1. The summed E-state index contributed by atoms with van der Waals surface area (Å²) in [6.45, 7) is 2.38. The monoisotopic (exact) mass is 213 g/mol. The number of likely N-dealkylation sites (N-methyl/N-ethyl adjacent to an activating group) is 1. The van der Waals surface area contributed by atoms with Crippen molar-refractivity contribution in [3.05, 3.63) is 0 Å². The number of nitrogens with two attached hydrogens (primary N) is 1. The van der Waals surface area contributed by atoms with Crippen molar-refractivity contribution in [3.63, 3.8) is 0 Å². The lowest BCUT2D eigenvalue weighted by Gasteiger charge is -2.28. The van der Waals surface area contributed by atoms with Crippen LogP contribution < -0.4 is 11.2 Å². The van der Waals surface area contributed by atoms with Gasteiger partial charge in [-0.1, -0.05) is 19.3 Å². The van der Waals surface area contributed by atoms with Crippen molar-refractivity contribution in [1.29, 1.82) is 0 Å².